The van der Waals surface area contributed by atoms with Crippen LogP contribution >= 0.6 is 0 Å². The van der Waals surface area contributed by atoms with Crippen molar-refractivity contribution in [1.82, 2.24) is 9.88 Å². The van der Waals surface area contributed by atoms with Crippen LogP contribution < -0.4 is 16.6 Å². The molecule has 4 N–H and O–H groups in total. The van der Waals surface area contributed by atoms with Crippen LogP contribution in [-0.4, -0.2) is 27.5 Å². The average Bonchev–Trinajstić information content (AvgIpc) is 2.73. The molecule has 0 atom stereocenters. The van der Waals surface area contributed by atoms with Crippen LogP contribution in [0.4, 0.5) is 10.2 Å². The van der Waals surface area contributed by atoms with E-state index in [4.69, 9.17) is 5.73 Å². The Morgan fingerprint density at radius 2 is 1.87 bits per heavy atom. The van der Waals surface area contributed by atoms with E-state index in [2.05, 4.69) is 0 Å². The molecule has 116 valence electrons. The summed E-state index contributed by atoms with van der Waals surface area (Å²) >= 11 is 0. The van der Waals surface area contributed by atoms with Gasteiger partial charge in [0.05, 0.1) is 22.4 Å². The van der Waals surface area contributed by atoms with E-state index in [1.807, 2.05) is 5.32 Å². The highest BCUT2D eigenvalue weighted by atomic mass is 19.1. The topological polar surface area (TPSA) is 131 Å². The average molecular weight is 317 g/mol. The number of nitrogens with one attached hydrogen (secondary N) is 1. The van der Waals surface area contributed by atoms with Crippen LogP contribution in [0.2, 0.25) is 0 Å². The van der Waals surface area contributed by atoms with E-state index >= 15 is 0 Å². The normalized spacial score (nSPS) is 12.9. The van der Waals surface area contributed by atoms with E-state index in [1.165, 1.54) is 0 Å². The summed E-state index contributed by atoms with van der Waals surface area (Å²) in [6.45, 7) is 0. The van der Waals surface area contributed by atoms with E-state index in [0.717, 1.165) is 24.3 Å². The van der Waals surface area contributed by atoms with Crippen molar-refractivity contribution in [2.45, 2.75) is 0 Å². The van der Waals surface area contributed by atoms with Gasteiger partial charge in [-0.1, -0.05) is 0 Å². The van der Waals surface area contributed by atoms with Gasteiger partial charge in [0, 0.05) is 6.07 Å². The molecule has 0 radical (unpaired) electrons. The molecule has 2 amide bonds. The highest BCUT2D eigenvalue weighted by molar-refractivity contribution is 6.23. The third-order valence-corrected chi connectivity index (χ3v) is 3.38. The molecule has 0 saturated heterocycles. The summed E-state index contributed by atoms with van der Waals surface area (Å²) in [7, 11) is 0. The quantitative estimate of drug-likeness (QED) is 0.675. The SMILES string of the molecule is Nc1c2c(cc(=O)n1-c1cc(F)ccc1C(=O)O)C(=O)NC2=O. The fourth-order valence-electron chi connectivity index (χ4n) is 2.40. The van der Waals surface area contributed by atoms with E-state index in [1.54, 1.807) is 0 Å². The lowest BCUT2D eigenvalue weighted by Gasteiger charge is -2.14. The number of carbonyl (C=O) groups excluding carboxylic acids is 2. The fraction of sp³-hybridized carbons (Fsp3) is 0. The summed E-state index contributed by atoms with van der Waals surface area (Å²) in [5.41, 5.74) is 3.73. The third-order valence-electron chi connectivity index (χ3n) is 3.38. The van der Waals surface area contributed by atoms with Gasteiger partial charge in [0.2, 0.25) is 0 Å². The van der Waals surface area contributed by atoms with Gasteiger partial charge in [-0.05, 0) is 18.2 Å². The van der Waals surface area contributed by atoms with E-state index in [9.17, 15) is 28.7 Å². The molecule has 9 heteroatoms. The highest BCUT2D eigenvalue weighted by Gasteiger charge is 2.32. The van der Waals surface area contributed by atoms with Crippen molar-refractivity contribution in [3.05, 3.63) is 57.1 Å². The molecule has 1 aliphatic heterocycles. The molecular formula is C14H8FN3O5. The Hall–Kier alpha value is -3.49. The predicted molar refractivity (Wildman–Crippen MR) is 75.2 cm³/mol. The predicted octanol–water partition coefficient (Wildman–Crippen LogP) is 0.141. The van der Waals surface area contributed by atoms with Gasteiger partial charge in [-0.2, -0.15) is 0 Å². The number of nitrogens with zero attached hydrogens (tertiary/aromatic N) is 1. The molecule has 1 aliphatic rings. The Morgan fingerprint density at radius 1 is 1.17 bits per heavy atom. The summed E-state index contributed by atoms with van der Waals surface area (Å²) < 4.78 is 14.2. The number of aromatic nitrogens is 1. The number of amides is 2. The number of rotatable bonds is 2. The summed E-state index contributed by atoms with van der Waals surface area (Å²) in [5, 5.41) is 11.2. The minimum Gasteiger partial charge on any atom is -0.478 e. The van der Waals surface area contributed by atoms with E-state index in [-0.39, 0.29) is 22.4 Å². The number of pyridine rings is 1. The molecule has 8 nitrogen and oxygen atoms in total. The number of carboxylic acid groups (broad SMARTS) is 1. The van der Waals surface area contributed by atoms with Gasteiger partial charge in [-0.15, -0.1) is 0 Å². The van der Waals surface area contributed by atoms with Crippen molar-refractivity contribution in [2.24, 2.45) is 0 Å². The van der Waals surface area contributed by atoms with Crippen LogP contribution in [0, 0.1) is 5.82 Å². The summed E-state index contributed by atoms with van der Waals surface area (Å²) in [6.07, 6.45) is 0. The lowest BCUT2D eigenvalue weighted by molar-refractivity contribution is 0.0696. The molecule has 1 aromatic heterocycles. The molecule has 0 aliphatic carbocycles. The molecule has 2 aromatic rings. The lowest BCUT2D eigenvalue weighted by Crippen LogP contribution is -2.25. The molecule has 0 saturated carbocycles. The van der Waals surface area contributed by atoms with Crippen molar-refractivity contribution in [3.8, 4) is 5.69 Å². The minimum atomic E-state index is -1.41. The number of halogens is 1. The summed E-state index contributed by atoms with van der Waals surface area (Å²) in [5.74, 6) is -4.24. The molecule has 0 spiro atoms. The smallest absolute Gasteiger partial charge is 0.337 e. The first-order chi connectivity index (χ1) is 10.8. The van der Waals surface area contributed by atoms with Crippen LogP contribution in [0.3, 0.4) is 0 Å². The van der Waals surface area contributed by atoms with Crippen molar-refractivity contribution < 1.29 is 23.9 Å². The first-order valence-electron chi connectivity index (χ1n) is 6.25. The highest BCUT2D eigenvalue weighted by Crippen LogP contribution is 2.25. The molecule has 23 heavy (non-hydrogen) atoms. The van der Waals surface area contributed by atoms with E-state index < -0.39 is 35.0 Å². The van der Waals surface area contributed by atoms with Crippen molar-refractivity contribution in [3.63, 3.8) is 0 Å². The first kappa shape index (κ1) is 14.4. The van der Waals surface area contributed by atoms with Gasteiger partial charge in [-0.3, -0.25) is 24.3 Å². The molecular weight excluding hydrogens is 309 g/mol. The van der Waals surface area contributed by atoms with Crippen molar-refractivity contribution in [1.29, 1.82) is 0 Å². The Labute approximate surface area is 127 Å². The Morgan fingerprint density at radius 3 is 2.52 bits per heavy atom. The van der Waals surface area contributed by atoms with Gasteiger partial charge in [0.25, 0.3) is 17.4 Å². The number of carbonyl (C=O) groups is 3. The number of nitrogen functional groups attached to an aromatic ring is 1. The number of aromatic carboxylic acids is 1. The molecule has 1 aromatic carbocycles. The molecule has 0 fully saturated rings. The number of fused-ring (bicyclic) bond motifs is 1. The number of imide groups is 1. The zero-order chi connectivity index (χ0) is 16.9. The first-order valence-corrected chi connectivity index (χ1v) is 6.25. The number of hydrogen-bond donors (Lipinski definition) is 3. The summed E-state index contributed by atoms with van der Waals surface area (Å²) in [6, 6.07) is 3.54. The number of nitrogens with two attached hydrogens (primary N) is 1. The van der Waals surface area contributed by atoms with Crippen LogP contribution in [0.5, 0.6) is 0 Å². The second kappa shape index (κ2) is 4.77. The molecule has 0 unspecified atom stereocenters. The van der Waals surface area contributed by atoms with Crippen LogP contribution in [-0.2, 0) is 0 Å². The zero-order valence-electron chi connectivity index (χ0n) is 11.3. The van der Waals surface area contributed by atoms with E-state index in [0.29, 0.717) is 4.57 Å². The standard InChI is InChI=1S/C14H8FN3O5/c15-5-1-2-6(14(22)23)8(3-5)18-9(19)4-7-10(11(18)16)13(21)17-12(7)20/h1-4H,16H2,(H,22,23)(H,17,20,21). The summed E-state index contributed by atoms with van der Waals surface area (Å²) in [4.78, 5) is 46.8. The van der Waals surface area contributed by atoms with Crippen molar-refractivity contribution >= 4 is 23.6 Å². The zero-order valence-corrected chi connectivity index (χ0v) is 11.3. The Balaban J connectivity index is 2.40. The minimum absolute atomic E-state index is 0.206. The van der Waals surface area contributed by atoms with Gasteiger partial charge in [0.1, 0.15) is 11.6 Å². The largest absolute Gasteiger partial charge is 0.478 e. The Bertz CT molecular complexity index is 964. The maximum Gasteiger partial charge on any atom is 0.337 e. The molecule has 0 bridgehead atoms. The third kappa shape index (κ3) is 2.06. The molecule has 2 heterocycles. The number of carboxylic acids is 1. The number of benzene rings is 1. The van der Waals surface area contributed by atoms with Crippen LogP contribution in [0.15, 0.2) is 29.1 Å². The number of anilines is 1. The number of hydrogen-bond acceptors (Lipinski definition) is 5. The second-order valence-electron chi connectivity index (χ2n) is 4.74. The van der Waals surface area contributed by atoms with Gasteiger partial charge < -0.3 is 10.8 Å². The fourth-order valence-corrected chi connectivity index (χ4v) is 2.40. The second-order valence-corrected chi connectivity index (χ2v) is 4.74. The van der Waals surface area contributed by atoms with Crippen molar-refractivity contribution in [2.75, 3.05) is 5.73 Å². The van der Waals surface area contributed by atoms with Gasteiger partial charge in [0.15, 0.2) is 0 Å². The maximum absolute atomic E-state index is 13.5. The lowest BCUT2D eigenvalue weighted by atomic mass is 10.1. The maximum atomic E-state index is 13.5. The van der Waals surface area contributed by atoms with Crippen LogP contribution in [0.1, 0.15) is 31.1 Å². The monoisotopic (exact) mass is 317 g/mol. The van der Waals surface area contributed by atoms with Crippen LogP contribution in [0.25, 0.3) is 5.69 Å². The Kier molecular flexibility index (Phi) is 2.99. The van der Waals surface area contributed by atoms with Gasteiger partial charge >= 0.3 is 5.97 Å². The van der Waals surface area contributed by atoms with Gasteiger partial charge in [-0.25, -0.2) is 9.18 Å². The molecule has 3 rings (SSSR count).